The number of hydrogen-bond donors (Lipinski definition) is 3. The number of halogens is 3. The largest absolute Gasteiger partial charge is 0.445 e. The smallest absolute Gasteiger partial charge is 0.409 e. The lowest BCUT2D eigenvalue weighted by molar-refractivity contribution is 0.135. The molecule has 0 radical (unpaired) electrons. The average Bonchev–Trinajstić information content (AvgIpc) is 2.76. The molecule has 0 unspecified atom stereocenters. The maximum Gasteiger partial charge on any atom is 0.409 e. The molecular weight excluding hydrogens is 489 g/mol. The minimum absolute atomic E-state index is 0.0900. The number of aryl methyl sites for hydroxylation is 1. The van der Waals surface area contributed by atoms with Gasteiger partial charge in [0.05, 0.1) is 0 Å². The van der Waals surface area contributed by atoms with Gasteiger partial charge in [0, 0.05) is 5.69 Å². The number of nitrogens with one attached hydrogen (secondary N) is 3. The van der Waals surface area contributed by atoms with Gasteiger partial charge in [-0.05, 0) is 48.3 Å². The second-order valence-electron chi connectivity index (χ2n) is 7.29. The lowest BCUT2D eigenvalue weighted by Gasteiger charge is -2.27. The molecule has 0 spiro atoms. The quantitative estimate of drug-likeness (QED) is 0.142. The normalized spacial score (nSPS) is 12.0. The fraction of sp³-hybridized carbons (Fsp3) is 0.391. The van der Waals surface area contributed by atoms with Crippen molar-refractivity contribution in [2.24, 2.45) is 0 Å². The van der Waals surface area contributed by atoms with Crippen molar-refractivity contribution in [2.75, 3.05) is 5.32 Å². The summed E-state index contributed by atoms with van der Waals surface area (Å²) in [7, 11) is 0. The van der Waals surface area contributed by atoms with Gasteiger partial charge in [0.25, 0.3) is 0 Å². The number of anilines is 1. The summed E-state index contributed by atoms with van der Waals surface area (Å²) in [4.78, 5) is 12.2. The number of alkyl halides is 3. The number of amides is 1. The van der Waals surface area contributed by atoms with Gasteiger partial charge in [-0.3, -0.25) is 5.32 Å². The van der Waals surface area contributed by atoms with Crippen LogP contribution in [-0.4, -0.2) is 21.2 Å². The van der Waals surface area contributed by atoms with E-state index in [4.69, 9.17) is 51.8 Å². The molecule has 0 fully saturated rings. The SMILES string of the molecule is CCCCCCc1ccc(NC(=S)N[C@H](NC(=O)OCc2ccccc2)C(Cl)(Cl)Cl)cc1. The number of unbranched alkanes of at least 4 members (excludes halogenated alkanes) is 3. The van der Waals surface area contributed by atoms with E-state index in [0.717, 1.165) is 17.7 Å². The van der Waals surface area contributed by atoms with Crippen LogP contribution in [-0.2, 0) is 17.8 Å². The van der Waals surface area contributed by atoms with Crippen LogP contribution in [0.2, 0.25) is 0 Å². The Morgan fingerprint density at radius 3 is 2.28 bits per heavy atom. The van der Waals surface area contributed by atoms with Crippen LogP contribution in [0.15, 0.2) is 54.6 Å². The van der Waals surface area contributed by atoms with Crippen LogP contribution in [0.5, 0.6) is 0 Å². The number of rotatable bonds is 10. The van der Waals surface area contributed by atoms with Crippen LogP contribution >= 0.6 is 47.0 Å². The molecule has 0 aromatic heterocycles. The van der Waals surface area contributed by atoms with E-state index in [0.29, 0.717) is 0 Å². The van der Waals surface area contributed by atoms with Crippen molar-refractivity contribution in [1.29, 1.82) is 0 Å². The van der Waals surface area contributed by atoms with Gasteiger partial charge < -0.3 is 15.4 Å². The fourth-order valence-electron chi connectivity index (χ4n) is 2.89. The van der Waals surface area contributed by atoms with Gasteiger partial charge in [-0.1, -0.05) is 103 Å². The highest BCUT2D eigenvalue weighted by Gasteiger charge is 2.35. The van der Waals surface area contributed by atoms with Crippen LogP contribution in [0, 0.1) is 0 Å². The first-order chi connectivity index (χ1) is 15.3. The zero-order chi connectivity index (χ0) is 23.4. The molecule has 0 saturated carbocycles. The molecule has 174 valence electrons. The Labute approximate surface area is 210 Å². The third-order valence-corrected chi connectivity index (χ3v) is 5.48. The van der Waals surface area contributed by atoms with E-state index in [2.05, 4.69) is 35.0 Å². The third kappa shape index (κ3) is 10.3. The standard InChI is InChI=1S/C23H28Cl3N3O2S/c1-2-3-4-6-9-17-12-14-19(15-13-17)27-21(32)28-20(23(24,25)26)29-22(30)31-16-18-10-7-5-8-11-18/h5,7-8,10-15,20H,2-4,6,9,16H2,1H3,(H,29,30)(H2,27,28,32)/t20-/m1/s1. The number of carbonyl (C=O) groups is 1. The average molecular weight is 517 g/mol. The van der Waals surface area contributed by atoms with Gasteiger partial charge in [0.1, 0.15) is 6.61 Å². The van der Waals surface area contributed by atoms with E-state index in [-0.39, 0.29) is 11.7 Å². The van der Waals surface area contributed by atoms with Crippen molar-refractivity contribution in [1.82, 2.24) is 10.6 Å². The molecule has 0 bridgehead atoms. The Morgan fingerprint density at radius 1 is 0.969 bits per heavy atom. The van der Waals surface area contributed by atoms with E-state index in [1.807, 2.05) is 42.5 Å². The van der Waals surface area contributed by atoms with Crippen molar-refractivity contribution < 1.29 is 9.53 Å². The highest BCUT2D eigenvalue weighted by molar-refractivity contribution is 7.80. The number of benzene rings is 2. The first-order valence-corrected chi connectivity index (χ1v) is 12.0. The van der Waals surface area contributed by atoms with Crippen molar-refractivity contribution in [3.8, 4) is 0 Å². The Hall–Kier alpha value is -1.73. The second kappa shape index (κ2) is 13.7. The predicted octanol–water partition coefficient (Wildman–Crippen LogP) is 6.72. The highest BCUT2D eigenvalue weighted by atomic mass is 35.6. The van der Waals surface area contributed by atoms with Gasteiger partial charge in [0.2, 0.25) is 3.79 Å². The molecule has 2 rings (SSSR count). The van der Waals surface area contributed by atoms with Crippen LogP contribution in [0.1, 0.15) is 43.7 Å². The van der Waals surface area contributed by atoms with Crippen molar-refractivity contribution in [3.05, 3.63) is 65.7 Å². The molecule has 1 atom stereocenters. The van der Waals surface area contributed by atoms with Crippen LogP contribution in [0.4, 0.5) is 10.5 Å². The van der Waals surface area contributed by atoms with Gasteiger partial charge in [-0.15, -0.1) is 0 Å². The summed E-state index contributed by atoms with van der Waals surface area (Å²) in [5.41, 5.74) is 2.90. The number of carbonyl (C=O) groups excluding carboxylic acids is 1. The zero-order valence-corrected chi connectivity index (χ0v) is 21.0. The summed E-state index contributed by atoms with van der Waals surface area (Å²) in [6.45, 7) is 2.29. The van der Waals surface area contributed by atoms with Crippen LogP contribution in [0.3, 0.4) is 0 Å². The number of alkyl carbamates (subject to hydrolysis) is 1. The molecule has 0 heterocycles. The fourth-order valence-corrected chi connectivity index (χ4v) is 3.45. The lowest BCUT2D eigenvalue weighted by atomic mass is 10.1. The first-order valence-electron chi connectivity index (χ1n) is 10.5. The van der Waals surface area contributed by atoms with E-state index in [1.165, 1.54) is 31.2 Å². The van der Waals surface area contributed by atoms with E-state index >= 15 is 0 Å². The highest BCUT2D eigenvalue weighted by Crippen LogP contribution is 2.29. The number of thiocarbonyl (C=S) groups is 1. The molecule has 0 aliphatic carbocycles. The zero-order valence-electron chi connectivity index (χ0n) is 17.9. The Morgan fingerprint density at radius 2 is 1.66 bits per heavy atom. The van der Waals surface area contributed by atoms with Gasteiger partial charge in [0.15, 0.2) is 11.3 Å². The molecule has 0 saturated heterocycles. The van der Waals surface area contributed by atoms with Crippen molar-refractivity contribution >= 4 is 63.9 Å². The first kappa shape index (κ1) is 26.5. The maximum atomic E-state index is 12.2. The monoisotopic (exact) mass is 515 g/mol. The molecule has 9 heteroatoms. The van der Waals surface area contributed by atoms with Crippen molar-refractivity contribution in [3.63, 3.8) is 0 Å². The Balaban J connectivity index is 1.84. The summed E-state index contributed by atoms with van der Waals surface area (Å²) in [6, 6.07) is 17.3. The molecule has 2 aromatic rings. The molecule has 5 nitrogen and oxygen atoms in total. The molecular formula is C23H28Cl3N3O2S. The second-order valence-corrected chi connectivity index (χ2v) is 10.1. The maximum absolute atomic E-state index is 12.2. The molecule has 0 aliphatic rings. The lowest BCUT2D eigenvalue weighted by Crippen LogP contribution is -2.56. The predicted molar refractivity (Wildman–Crippen MR) is 137 cm³/mol. The number of hydrogen-bond acceptors (Lipinski definition) is 3. The molecule has 0 aliphatic heterocycles. The summed E-state index contributed by atoms with van der Waals surface area (Å²) in [6.07, 6.45) is 4.11. The molecule has 3 N–H and O–H groups in total. The van der Waals surface area contributed by atoms with E-state index in [9.17, 15) is 4.79 Å². The van der Waals surface area contributed by atoms with Crippen LogP contribution in [0.25, 0.3) is 0 Å². The minimum Gasteiger partial charge on any atom is -0.445 e. The Bertz CT molecular complexity index is 846. The van der Waals surface area contributed by atoms with Gasteiger partial charge in [-0.2, -0.15) is 0 Å². The molecule has 32 heavy (non-hydrogen) atoms. The third-order valence-electron chi connectivity index (χ3n) is 4.61. The topological polar surface area (TPSA) is 62.4 Å². The van der Waals surface area contributed by atoms with Crippen molar-refractivity contribution in [2.45, 2.75) is 55.6 Å². The molecule has 2 aromatic carbocycles. The molecule has 1 amide bonds. The van der Waals surface area contributed by atoms with Gasteiger partial charge in [-0.25, -0.2) is 4.79 Å². The summed E-state index contributed by atoms with van der Waals surface area (Å²) >= 11 is 23.3. The summed E-state index contributed by atoms with van der Waals surface area (Å²) in [5, 5.41) is 8.53. The number of ether oxygens (including phenoxy) is 1. The Kier molecular flexibility index (Phi) is 11.4. The van der Waals surface area contributed by atoms with E-state index in [1.54, 1.807) is 0 Å². The van der Waals surface area contributed by atoms with Gasteiger partial charge >= 0.3 is 6.09 Å². The minimum atomic E-state index is -1.86. The summed E-state index contributed by atoms with van der Waals surface area (Å²) in [5.74, 6) is 0. The van der Waals surface area contributed by atoms with E-state index < -0.39 is 16.1 Å². The summed E-state index contributed by atoms with van der Waals surface area (Å²) < 4.78 is 3.32. The van der Waals surface area contributed by atoms with Crippen LogP contribution < -0.4 is 16.0 Å².